The van der Waals surface area contributed by atoms with E-state index in [0.29, 0.717) is 36.5 Å². The van der Waals surface area contributed by atoms with Crippen molar-refractivity contribution in [2.75, 3.05) is 6.54 Å². The van der Waals surface area contributed by atoms with E-state index in [1.165, 1.54) is 6.92 Å². The molecular formula is C19H24N4O3. The number of rotatable bonds is 5. The molecule has 1 N–H and O–H groups in total. The number of nitrogens with zero attached hydrogens (tertiary/aromatic N) is 3. The molecule has 0 spiro atoms. The lowest BCUT2D eigenvalue weighted by Crippen LogP contribution is -2.31. The molecule has 1 fully saturated rings. The van der Waals surface area contributed by atoms with Crippen molar-refractivity contribution in [3.05, 3.63) is 46.6 Å². The molecule has 1 aliphatic heterocycles. The minimum Gasteiger partial charge on any atom is -0.361 e. The molecule has 7 nitrogen and oxygen atoms in total. The minimum atomic E-state index is -0.0927. The van der Waals surface area contributed by atoms with Gasteiger partial charge in [0.15, 0.2) is 0 Å². The molecule has 26 heavy (non-hydrogen) atoms. The van der Waals surface area contributed by atoms with Gasteiger partial charge in [0.2, 0.25) is 5.91 Å². The Hall–Kier alpha value is -2.70. The van der Waals surface area contributed by atoms with Crippen LogP contribution in [0.3, 0.4) is 0 Å². The molecule has 0 bridgehead atoms. The normalized spacial score (nSPS) is 16.7. The van der Waals surface area contributed by atoms with Gasteiger partial charge in [-0.25, -0.2) is 0 Å². The van der Waals surface area contributed by atoms with Crippen molar-refractivity contribution in [2.45, 2.75) is 52.6 Å². The maximum Gasteiger partial charge on any atom is 0.259 e. The lowest BCUT2D eigenvalue weighted by molar-refractivity contribution is -0.119. The number of carbonyl (C=O) groups excluding carboxylic acids is 2. The van der Waals surface area contributed by atoms with E-state index in [9.17, 15) is 9.59 Å². The zero-order valence-corrected chi connectivity index (χ0v) is 15.4. The van der Waals surface area contributed by atoms with Crippen molar-refractivity contribution < 1.29 is 14.1 Å². The first-order chi connectivity index (χ1) is 12.5. The molecule has 2 aromatic rings. The standard InChI is InChI=1S/C19H24N4O3/c1-4-16-18(12(2)26-22-16)19(25)23-9-5-6-17(23)14-7-8-20-15(10-14)11-21-13(3)24/h7-8,10,17H,4-6,9,11H2,1-3H3,(H,21,24)/t17-/m1/s1. The van der Waals surface area contributed by atoms with Gasteiger partial charge in [0.1, 0.15) is 11.3 Å². The molecule has 2 aromatic heterocycles. The van der Waals surface area contributed by atoms with E-state index in [1.807, 2.05) is 24.0 Å². The number of hydrogen-bond donors (Lipinski definition) is 1. The fourth-order valence-electron chi connectivity index (χ4n) is 3.45. The minimum absolute atomic E-state index is 0.000541. The summed E-state index contributed by atoms with van der Waals surface area (Å²) >= 11 is 0. The van der Waals surface area contributed by atoms with E-state index in [0.717, 1.165) is 24.1 Å². The van der Waals surface area contributed by atoms with Crippen LogP contribution < -0.4 is 5.32 Å². The molecule has 3 rings (SSSR count). The number of carbonyl (C=O) groups is 2. The zero-order valence-electron chi connectivity index (χ0n) is 15.4. The van der Waals surface area contributed by atoms with Gasteiger partial charge in [-0.2, -0.15) is 0 Å². The van der Waals surface area contributed by atoms with Gasteiger partial charge in [-0.1, -0.05) is 12.1 Å². The number of aromatic nitrogens is 2. The first-order valence-corrected chi connectivity index (χ1v) is 8.96. The zero-order chi connectivity index (χ0) is 18.7. The number of pyridine rings is 1. The monoisotopic (exact) mass is 356 g/mol. The molecule has 1 aliphatic rings. The Bertz CT molecular complexity index is 815. The molecule has 7 heteroatoms. The molecule has 0 aromatic carbocycles. The van der Waals surface area contributed by atoms with Crippen LogP contribution >= 0.6 is 0 Å². The smallest absolute Gasteiger partial charge is 0.259 e. The Labute approximate surface area is 152 Å². The van der Waals surface area contributed by atoms with Crippen LogP contribution in [0.1, 0.15) is 65.8 Å². The fraction of sp³-hybridized carbons (Fsp3) is 0.474. The van der Waals surface area contributed by atoms with Crippen LogP contribution in [0, 0.1) is 6.92 Å². The molecule has 0 aliphatic carbocycles. The summed E-state index contributed by atoms with van der Waals surface area (Å²) in [5.74, 6) is 0.451. The van der Waals surface area contributed by atoms with Gasteiger partial charge in [0.05, 0.1) is 24.0 Å². The molecule has 2 amide bonds. The summed E-state index contributed by atoms with van der Waals surface area (Å²) < 4.78 is 5.23. The summed E-state index contributed by atoms with van der Waals surface area (Å²) in [6, 6.07) is 3.91. The van der Waals surface area contributed by atoms with E-state index in [-0.39, 0.29) is 17.9 Å². The van der Waals surface area contributed by atoms with Crippen LogP contribution in [-0.4, -0.2) is 33.4 Å². The number of aryl methyl sites for hydroxylation is 2. The summed E-state index contributed by atoms with van der Waals surface area (Å²) in [5, 5.41) is 6.76. The van der Waals surface area contributed by atoms with Crippen LogP contribution in [0.25, 0.3) is 0 Å². The Morgan fingerprint density at radius 3 is 2.96 bits per heavy atom. The molecule has 1 saturated heterocycles. The number of likely N-dealkylation sites (tertiary alicyclic amines) is 1. The van der Waals surface area contributed by atoms with Crippen molar-refractivity contribution in [1.29, 1.82) is 0 Å². The van der Waals surface area contributed by atoms with Gasteiger partial charge in [-0.15, -0.1) is 0 Å². The van der Waals surface area contributed by atoms with Gasteiger partial charge in [0.25, 0.3) is 5.91 Å². The highest BCUT2D eigenvalue weighted by molar-refractivity contribution is 5.96. The lowest BCUT2D eigenvalue weighted by atomic mass is 10.0. The second kappa shape index (κ2) is 7.68. The molecule has 1 atom stereocenters. The second-order valence-corrected chi connectivity index (χ2v) is 6.56. The van der Waals surface area contributed by atoms with E-state index in [1.54, 1.807) is 13.1 Å². The van der Waals surface area contributed by atoms with Crippen LogP contribution in [-0.2, 0) is 17.8 Å². The Morgan fingerprint density at radius 1 is 1.42 bits per heavy atom. The third kappa shape index (κ3) is 3.61. The summed E-state index contributed by atoms with van der Waals surface area (Å²) in [5.41, 5.74) is 3.12. The maximum absolute atomic E-state index is 13.1. The average Bonchev–Trinajstić information content (AvgIpc) is 3.26. The summed E-state index contributed by atoms with van der Waals surface area (Å²) in [7, 11) is 0. The highest BCUT2D eigenvalue weighted by Gasteiger charge is 2.33. The van der Waals surface area contributed by atoms with E-state index < -0.39 is 0 Å². The lowest BCUT2D eigenvalue weighted by Gasteiger charge is -2.25. The molecular weight excluding hydrogens is 332 g/mol. The van der Waals surface area contributed by atoms with Gasteiger partial charge >= 0.3 is 0 Å². The first kappa shape index (κ1) is 18.1. The number of amides is 2. The number of nitrogens with one attached hydrogen (secondary N) is 1. The highest BCUT2D eigenvalue weighted by Crippen LogP contribution is 2.34. The SMILES string of the molecule is CCc1noc(C)c1C(=O)N1CCC[C@@H]1c1ccnc(CNC(C)=O)c1. The van der Waals surface area contributed by atoms with Crippen LogP contribution in [0.2, 0.25) is 0 Å². The molecule has 3 heterocycles. The van der Waals surface area contributed by atoms with Crippen molar-refractivity contribution in [2.24, 2.45) is 0 Å². The summed E-state index contributed by atoms with van der Waals surface area (Å²) in [6.45, 7) is 6.32. The van der Waals surface area contributed by atoms with Crippen molar-refractivity contribution in [3.8, 4) is 0 Å². The Balaban J connectivity index is 1.84. The van der Waals surface area contributed by atoms with Gasteiger partial charge in [-0.05, 0) is 43.9 Å². The molecule has 0 unspecified atom stereocenters. The Kier molecular flexibility index (Phi) is 5.35. The van der Waals surface area contributed by atoms with Crippen molar-refractivity contribution in [1.82, 2.24) is 20.4 Å². The predicted molar refractivity (Wildman–Crippen MR) is 95.4 cm³/mol. The van der Waals surface area contributed by atoms with E-state index in [2.05, 4.69) is 15.5 Å². The largest absolute Gasteiger partial charge is 0.361 e. The fourth-order valence-corrected chi connectivity index (χ4v) is 3.45. The van der Waals surface area contributed by atoms with Gasteiger partial charge in [-0.3, -0.25) is 14.6 Å². The first-order valence-electron chi connectivity index (χ1n) is 8.96. The van der Waals surface area contributed by atoms with E-state index >= 15 is 0 Å². The van der Waals surface area contributed by atoms with Gasteiger partial charge in [0, 0.05) is 19.7 Å². The van der Waals surface area contributed by atoms with Crippen molar-refractivity contribution in [3.63, 3.8) is 0 Å². The van der Waals surface area contributed by atoms with Gasteiger partial charge < -0.3 is 14.7 Å². The highest BCUT2D eigenvalue weighted by atomic mass is 16.5. The maximum atomic E-state index is 13.1. The van der Waals surface area contributed by atoms with Crippen LogP contribution in [0.5, 0.6) is 0 Å². The molecule has 138 valence electrons. The van der Waals surface area contributed by atoms with Crippen LogP contribution in [0.15, 0.2) is 22.9 Å². The third-order valence-corrected chi connectivity index (χ3v) is 4.74. The second-order valence-electron chi connectivity index (χ2n) is 6.56. The third-order valence-electron chi connectivity index (χ3n) is 4.74. The topological polar surface area (TPSA) is 88.3 Å². The quantitative estimate of drug-likeness (QED) is 0.889. The summed E-state index contributed by atoms with van der Waals surface area (Å²) in [6.07, 6.45) is 4.25. The number of hydrogen-bond acceptors (Lipinski definition) is 5. The Morgan fingerprint density at radius 2 is 2.23 bits per heavy atom. The van der Waals surface area contributed by atoms with Crippen LogP contribution in [0.4, 0.5) is 0 Å². The van der Waals surface area contributed by atoms with E-state index in [4.69, 9.17) is 4.52 Å². The molecule has 0 saturated carbocycles. The average molecular weight is 356 g/mol. The molecule has 0 radical (unpaired) electrons. The predicted octanol–water partition coefficient (Wildman–Crippen LogP) is 2.55. The summed E-state index contributed by atoms with van der Waals surface area (Å²) in [4.78, 5) is 30.5. The van der Waals surface area contributed by atoms with Crippen molar-refractivity contribution >= 4 is 11.8 Å².